The smallest absolute Gasteiger partial charge is 0.326 e. The summed E-state index contributed by atoms with van der Waals surface area (Å²) >= 11 is 0. The number of carbonyl (C=O) groups is 1. The number of fused-ring (bicyclic) bond motifs is 1. The summed E-state index contributed by atoms with van der Waals surface area (Å²) in [6.07, 6.45) is 5.88. The lowest BCUT2D eigenvalue weighted by Gasteiger charge is -2.36. The first-order valence-corrected chi connectivity index (χ1v) is 9.49. The first kappa shape index (κ1) is 17.9. The molecule has 0 aliphatic heterocycles. The van der Waals surface area contributed by atoms with E-state index in [9.17, 15) is 4.79 Å². The van der Waals surface area contributed by atoms with E-state index in [0.29, 0.717) is 17.8 Å². The maximum Gasteiger partial charge on any atom is 0.326 e. The van der Waals surface area contributed by atoms with E-state index in [1.54, 1.807) is 6.20 Å². The summed E-state index contributed by atoms with van der Waals surface area (Å²) < 4.78 is 7.84. The molecule has 2 heterocycles. The van der Waals surface area contributed by atoms with Crippen LogP contribution in [0.3, 0.4) is 0 Å². The Morgan fingerprint density at radius 2 is 2.20 bits per heavy atom. The molecular weight excluding hydrogens is 314 g/mol. The fourth-order valence-electron chi connectivity index (χ4n) is 4.03. The summed E-state index contributed by atoms with van der Waals surface area (Å²) in [5, 5.41) is 0. The van der Waals surface area contributed by atoms with Gasteiger partial charge in [0.1, 0.15) is 24.0 Å². The molecule has 3 rings (SSSR count). The van der Waals surface area contributed by atoms with Crippen molar-refractivity contribution < 1.29 is 9.53 Å². The van der Waals surface area contributed by atoms with Crippen LogP contribution in [0.2, 0.25) is 0 Å². The van der Waals surface area contributed by atoms with Gasteiger partial charge in [-0.15, -0.1) is 0 Å². The summed E-state index contributed by atoms with van der Waals surface area (Å²) in [6, 6.07) is 3.80. The Bertz CT molecular complexity index is 738. The van der Waals surface area contributed by atoms with Crippen molar-refractivity contribution in [3.05, 3.63) is 24.2 Å². The second-order valence-electron chi connectivity index (χ2n) is 7.67. The van der Waals surface area contributed by atoms with E-state index in [0.717, 1.165) is 36.3 Å². The van der Waals surface area contributed by atoms with Crippen LogP contribution in [-0.2, 0) is 22.5 Å². The lowest BCUT2D eigenvalue weighted by molar-refractivity contribution is -0.156. The first-order valence-electron chi connectivity index (χ1n) is 9.49. The normalized spacial score (nSPS) is 24.0. The molecule has 0 spiro atoms. The molecule has 0 amide bonds. The Balaban J connectivity index is 1.76. The maximum atomic E-state index is 12.7. The zero-order valence-electron chi connectivity index (χ0n) is 15.7. The van der Waals surface area contributed by atoms with Crippen LogP contribution in [0, 0.1) is 17.8 Å². The van der Waals surface area contributed by atoms with Crippen molar-refractivity contribution in [3.8, 4) is 0 Å². The number of rotatable bonds is 5. The molecule has 1 aliphatic carbocycles. The molecule has 0 saturated heterocycles. The van der Waals surface area contributed by atoms with Crippen LogP contribution in [0.25, 0.3) is 11.2 Å². The Kier molecular flexibility index (Phi) is 5.40. The molecule has 3 atom stereocenters. The minimum absolute atomic E-state index is 0.0315. The Hall–Kier alpha value is -1.91. The summed E-state index contributed by atoms with van der Waals surface area (Å²) in [6.45, 7) is 8.93. The SMILES string of the molecule is CCc1nc2cccnc2n1CC(=O)O[C@@H]1CC(C)CCC1C(C)C. The highest BCUT2D eigenvalue weighted by Crippen LogP contribution is 2.35. The number of ether oxygens (including phenoxy) is 1. The van der Waals surface area contributed by atoms with Gasteiger partial charge in [-0.05, 0) is 42.7 Å². The van der Waals surface area contributed by atoms with Crippen molar-refractivity contribution in [3.63, 3.8) is 0 Å². The topological polar surface area (TPSA) is 57.0 Å². The van der Waals surface area contributed by atoms with Gasteiger partial charge in [0, 0.05) is 12.6 Å². The fraction of sp³-hybridized carbons (Fsp3) is 0.650. The van der Waals surface area contributed by atoms with E-state index in [4.69, 9.17) is 4.74 Å². The standard InChI is InChI=1S/C20H29N3O2/c1-5-18-22-16-7-6-10-21-20(16)23(18)12-19(24)25-17-11-14(4)8-9-15(17)13(2)3/h6-7,10,13-15,17H,5,8-9,11-12H2,1-4H3/t14?,15?,17-/m1/s1. The number of hydrogen-bond acceptors (Lipinski definition) is 4. The third-order valence-corrected chi connectivity index (χ3v) is 5.43. The molecule has 0 bridgehead atoms. The van der Waals surface area contributed by atoms with Crippen LogP contribution in [-0.4, -0.2) is 26.6 Å². The molecule has 25 heavy (non-hydrogen) atoms. The van der Waals surface area contributed by atoms with Gasteiger partial charge in [0.05, 0.1) is 0 Å². The van der Waals surface area contributed by atoms with E-state index in [1.165, 1.54) is 6.42 Å². The van der Waals surface area contributed by atoms with Gasteiger partial charge in [-0.2, -0.15) is 0 Å². The van der Waals surface area contributed by atoms with E-state index in [2.05, 4.69) is 30.7 Å². The molecule has 5 heteroatoms. The summed E-state index contributed by atoms with van der Waals surface area (Å²) in [5.41, 5.74) is 1.59. The predicted molar refractivity (Wildman–Crippen MR) is 98.1 cm³/mol. The summed E-state index contributed by atoms with van der Waals surface area (Å²) in [7, 11) is 0. The highest BCUT2D eigenvalue weighted by molar-refractivity contribution is 5.75. The van der Waals surface area contributed by atoms with E-state index in [1.807, 2.05) is 23.6 Å². The monoisotopic (exact) mass is 343 g/mol. The summed E-state index contributed by atoms with van der Waals surface area (Å²) in [4.78, 5) is 21.6. The molecule has 1 saturated carbocycles. The van der Waals surface area contributed by atoms with Gasteiger partial charge < -0.3 is 9.30 Å². The molecule has 1 aliphatic rings. The minimum Gasteiger partial charge on any atom is -0.461 e. The highest BCUT2D eigenvalue weighted by Gasteiger charge is 2.33. The molecule has 1 fully saturated rings. The lowest BCUT2D eigenvalue weighted by Crippen LogP contribution is -2.36. The minimum atomic E-state index is -0.176. The van der Waals surface area contributed by atoms with Gasteiger partial charge in [0.25, 0.3) is 0 Å². The van der Waals surface area contributed by atoms with Crippen molar-refractivity contribution in [2.75, 3.05) is 0 Å². The van der Waals surface area contributed by atoms with Gasteiger partial charge in [0.15, 0.2) is 5.65 Å². The molecule has 2 aromatic heterocycles. The number of hydrogen-bond donors (Lipinski definition) is 0. The second-order valence-corrected chi connectivity index (χ2v) is 7.67. The molecular formula is C20H29N3O2. The van der Waals surface area contributed by atoms with Gasteiger partial charge >= 0.3 is 5.97 Å². The van der Waals surface area contributed by atoms with Crippen molar-refractivity contribution in [1.29, 1.82) is 0 Å². The summed E-state index contributed by atoms with van der Waals surface area (Å²) in [5.74, 6) is 2.32. The second kappa shape index (κ2) is 7.54. The largest absolute Gasteiger partial charge is 0.461 e. The average Bonchev–Trinajstić information content (AvgIpc) is 2.92. The number of aromatic nitrogens is 3. The molecule has 0 aromatic carbocycles. The van der Waals surface area contributed by atoms with Crippen molar-refractivity contribution >= 4 is 17.1 Å². The van der Waals surface area contributed by atoms with E-state index < -0.39 is 0 Å². The number of esters is 1. The third-order valence-electron chi connectivity index (χ3n) is 5.43. The van der Waals surface area contributed by atoms with Crippen molar-refractivity contribution in [2.24, 2.45) is 17.8 Å². The van der Waals surface area contributed by atoms with Gasteiger partial charge in [0.2, 0.25) is 0 Å². The molecule has 2 unspecified atom stereocenters. The zero-order valence-corrected chi connectivity index (χ0v) is 15.7. The Morgan fingerprint density at radius 1 is 1.40 bits per heavy atom. The van der Waals surface area contributed by atoms with Crippen LogP contribution in [0.1, 0.15) is 52.8 Å². The third kappa shape index (κ3) is 3.86. The number of carbonyl (C=O) groups excluding carboxylic acids is 1. The molecule has 5 nitrogen and oxygen atoms in total. The zero-order chi connectivity index (χ0) is 18.0. The van der Waals surface area contributed by atoms with Crippen molar-refractivity contribution in [2.45, 2.75) is 66.0 Å². The fourth-order valence-corrected chi connectivity index (χ4v) is 4.03. The first-order chi connectivity index (χ1) is 12.0. The van der Waals surface area contributed by atoms with E-state index in [-0.39, 0.29) is 18.6 Å². The quantitative estimate of drug-likeness (QED) is 0.770. The molecule has 2 aromatic rings. The maximum absolute atomic E-state index is 12.7. The predicted octanol–water partition coefficient (Wildman–Crippen LogP) is 4.00. The lowest BCUT2D eigenvalue weighted by atomic mass is 9.75. The van der Waals surface area contributed by atoms with Gasteiger partial charge in [-0.3, -0.25) is 4.79 Å². The molecule has 0 N–H and O–H groups in total. The van der Waals surface area contributed by atoms with Crippen molar-refractivity contribution in [1.82, 2.24) is 14.5 Å². The van der Waals surface area contributed by atoms with Crippen LogP contribution in [0.5, 0.6) is 0 Å². The van der Waals surface area contributed by atoms with Crippen LogP contribution in [0.15, 0.2) is 18.3 Å². The Labute approximate surface area is 149 Å². The van der Waals surface area contributed by atoms with Crippen LogP contribution in [0.4, 0.5) is 0 Å². The highest BCUT2D eigenvalue weighted by atomic mass is 16.5. The van der Waals surface area contributed by atoms with E-state index >= 15 is 0 Å². The van der Waals surface area contributed by atoms with Gasteiger partial charge in [-0.25, -0.2) is 9.97 Å². The number of nitrogens with zero attached hydrogens (tertiary/aromatic N) is 3. The number of pyridine rings is 1. The molecule has 0 radical (unpaired) electrons. The Morgan fingerprint density at radius 3 is 2.92 bits per heavy atom. The number of imidazole rings is 1. The van der Waals surface area contributed by atoms with Gasteiger partial charge in [-0.1, -0.05) is 34.1 Å². The average molecular weight is 343 g/mol. The van der Waals surface area contributed by atoms with Crippen LogP contribution < -0.4 is 0 Å². The molecule has 136 valence electrons. The van der Waals surface area contributed by atoms with Crippen LogP contribution >= 0.6 is 0 Å². The number of aryl methyl sites for hydroxylation is 1.